The van der Waals surface area contributed by atoms with E-state index in [1.165, 1.54) is 0 Å². The first-order valence-electron chi connectivity index (χ1n) is 11.4. The van der Waals surface area contributed by atoms with E-state index in [1.807, 2.05) is 105 Å². The molecule has 0 saturated carbocycles. The predicted molar refractivity (Wildman–Crippen MR) is 143 cm³/mol. The number of hydrogen-bond acceptors (Lipinski definition) is 4. The molecule has 0 N–H and O–H groups in total. The van der Waals surface area contributed by atoms with E-state index >= 15 is 0 Å². The lowest BCUT2D eigenvalue weighted by Crippen LogP contribution is -2.25. The smallest absolute Gasteiger partial charge is 0.344 e. The van der Waals surface area contributed by atoms with Gasteiger partial charge in [-0.2, -0.15) is 0 Å². The minimum atomic E-state index is -3.10. The number of fused-ring (bicyclic) bond motifs is 1. The molecule has 0 aliphatic rings. The number of methoxy groups -OCH3 is 1. The molecule has 0 radical (unpaired) electrons. The summed E-state index contributed by atoms with van der Waals surface area (Å²) in [4.78, 5) is 12.8. The number of rotatable bonds is 5. The van der Waals surface area contributed by atoms with Gasteiger partial charge in [-0.3, -0.25) is 0 Å². The minimum absolute atomic E-state index is 0.432. The fourth-order valence-corrected chi connectivity index (χ4v) is 6.83. The van der Waals surface area contributed by atoms with E-state index in [0.717, 1.165) is 27.1 Å². The maximum absolute atomic E-state index is 14.7. The molecule has 0 amide bonds. The Morgan fingerprint density at radius 3 is 1.71 bits per heavy atom. The quantitative estimate of drug-likeness (QED) is 0.238. The van der Waals surface area contributed by atoms with E-state index in [-0.39, 0.29) is 0 Å². The van der Waals surface area contributed by atoms with Crippen molar-refractivity contribution in [1.29, 1.82) is 0 Å². The van der Waals surface area contributed by atoms with Gasteiger partial charge in [0.1, 0.15) is 11.3 Å². The fourth-order valence-electron chi connectivity index (χ4n) is 4.23. The number of benzene rings is 4. The highest BCUT2D eigenvalue weighted by molar-refractivity contribution is 7.85. The summed E-state index contributed by atoms with van der Waals surface area (Å²) in [5.74, 6) is 0.626. The van der Waals surface area contributed by atoms with Gasteiger partial charge in [0.2, 0.25) is 0 Å². The largest absolute Gasteiger partial charge is 0.497 e. The molecular weight excluding hydrogens is 455 g/mol. The predicted octanol–water partition coefficient (Wildman–Crippen LogP) is 5.72. The van der Waals surface area contributed by atoms with Crippen molar-refractivity contribution in [2.45, 2.75) is 13.8 Å². The van der Waals surface area contributed by atoms with E-state index < -0.39 is 12.8 Å². The molecule has 0 fully saturated rings. The summed E-state index contributed by atoms with van der Waals surface area (Å²) < 4.78 is 25.5. The second-order valence-electron chi connectivity index (χ2n) is 8.68. The first-order valence-corrected chi connectivity index (χ1v) is 13.1. The number of aryl methyl sites for hydroxylation is 2. The van der Waals surface area contributed by atoms with Gasteiger partial charge in [0, 0.05) is 27.4 Å². The first-order chi connectivity index (χ1) is 16.9. The van der Waals surface area contributed by atoms with Gasteiger partial charge in [-0.25, -0.2) is 4.79 Å². The van der Waals surface area contributed by atoms with E-state index in [1.54, 1.807) is 13.2 Å². The van der Waals surface area contributed by atoms with Crippen LogP contribution < -0.4 is 26.3 Å². The van der Waals surface area contributed by atoms with Crippen LogP contribution in [0.2, 0.25) is 0 Å². The van der Waals surface area contributed by atoms with Gasteiger partial charge in [-0.15, -0.1) is 0 Å². The second kappa shape index (κ2) is 9.05. The molecule has 5 rings (SSSR count). The molecule has 4 nitrogen and oxygen atoms in total. The molecule has 1 heterocycles. The molecule has 0 unspecified atom stereocenters. The van der Waals surface area contributed by atoms with Gasteiger partial charge in [-0.1, -0.05) is 83.9 Å². The molecule has 1 aromatic heterocycles. The van der Waals surface area contributed by atoms with Crippen molar-refractivity contribution in [3.05, 3.63) is 119 Å². The van der Waals surface area contributed by atoms with Crippen LogP contribution in [-0.4, -0.2) is 7.11 Å². The maximum Gasteiger partial charge on any atom is 0.344 e. The standard InChI is InChI=1S/C30H25O4P/c1-20-4-12-25(13-5-20)35(32,26-14-6-21(2)7-15-26)27-16-9-22(10-17-27)28-18-23-8-11-24(33-3)19-29(23)34-30(28)31/h4-19H,1-3H3. The molecule has 5 aromatic rings. The molecule has 0 bridgehead atoms. The Morgan fingerprint density at radius 1 is 0.686 bits per heavy atom. The topological polar surface area (TPSA) is 56.5 Å². The molecule has 0 aliphatic heterocycles. The van der Waals surface area contributed by atoms with Crippen LogP contribution in [0.15, 0.2) is 106 Å². The summed E-state index contributed by atoms with van der Waals surface area (Å²) in [6.07, 6.45) is 0. The van der Waals surface area contributed by atoms with Crippen molar-refractivity contribution in [3.8, 4) is 16.9 Å². The Balaban J connectivity index is 1.61. The summed E-state index contributed by atoms with van der Waals surface area (Å²) in [6, 6.07) is 30.3. The molecule has 4 aromatic carbocycles. The average Bonchev–Trinajstić information content (AvgIpc) is 2.88. The van der Waals surface area contributed by atoms with Crippen LogP contribution in [0.5, 0.6) is 5.75 Å². The Bertz CT molecular complexity index is 1560. The van der Waals surface area contributed by atoms with Crippen LogP contribution in [0.1, 0.15) is 11.1 Å². The normalized spacial score (nSPS) is 11.5. The lowest BCUT2D eigenvalue weighted by Gasteiger charge is -2.20. The van der Waals surface area contributed by atoms with Crippen molar-refractivity contribution < 1.29 is 13.7 Å². The molecule has 0 aliphatic carbocycles. The van der Waals surface area contributed by atoms with E-state index in [4.69, 9.17) is 9.15 Å². The van der Waals surface area contributed by atoms with Gasteiger partial charge < -0.3 is 13.7 Å². The Morgan fingerprint density at radius 2 is 1.20 bits per heavy atom. The Labute approximate surface area is 204 Å². The van der Waals surface area contributed by atoms with Gasteiger partial charge in [0.15, 0.2) is 7.14 Å². The van der Waals surface area contributed by atoms with Crippen LogP contribution in [0.25, 0.3) is 22.1 Å². The van der Waals surface area contributed by atoms with Crippen molar-refractivity contribution >= 4 is 34.0 Å². The Kier molecular flexibility index (Phi) is 5.92. The highest BCUT2D eigenvalue weighted by atomic mass is 31.2. The lowest BCUT2D eigenvalue weighted by molar-refractivity contribution is 0.414. The molecule has 35 heavy (non-hydrogen) atoms. The zero-order valence-corrected chi connectivity index (χ0v) is 20.7. The number of hydrogen-bond donors (Lipinski definition) is 0. The zero-order chi connectivity index (χ0) is 24.6. The average molecular weight is 481 g/mol. The second-order valence-corrected chi connectivity index (χ2v) is 11.4. The van der Waals surface area contributed by atoms with E-state index in [2.05, 4.69) is 0 Å². The highest BCUT2D eigenvalue weighted by Gasteiger charge is 2.29. The van der Waals surface area contributed by atoms with Gasteiger partial charge in [-0.05, 0) is 37.6 Å². The summed E-state index contributed by atoms with van der Waals surface area (Å²) in [7, 11) is -1.53. The molecule has 5 heteroatoms. The van der Waals surface area contributed by atoms with Crippen molar-refractivity contribution in [2.24, 2.45) is 0 Å². The Hall–Kier alpha value is -3.88. The summed E-state index contributed by atoms with van der Waals surface area (Å²) >= 11 is 0. The molecule has 0 saturated heterocycles. The minimum Gasteiger partial charge on any atom is -0.497 e. The van der Waals surface area contributed by atoms with E-state index in [0.29, 0.717) is 27.8 Å². The van der Waals surface area contributed by atoms with E-state index in [9.17, 15) is 9.36 Å². The molecule has 174 valence electrons. The summed E-state index contributed by atoms with van der Waals surface area (Å²) in [5, 5.41) is 3.07. The maximum atomic E-state index is 14.7. The van der Waals surface area contributed by atoms with Crippen molar-refractivity contribution in [2.75, 3.05) is 7.11 Å². The van der Waals surface area contributed by atoms with Crippen LogP contribution in [0.3, 0.4) is 0 Å². The van der Waals surface area contributed by atoms with Gasteiger partial charge in [0.05, 0.1) is 12.7 Å². The summed E-state index contributed by atoms with van der Waals surface area (Å²) in [5.41, 5.74) is 3.42. The zero-order valence-electron chi connectivity index (χ0n) is 19.8. The highest BCUT2D eigenvalue weighted by Crippen LogP contribution is 2.42. The van der Waals surface area contributed by atoms with Crippen LogP contribution in [-0.2, 0) is 4.57 Å². The van der Waals surface area contributed by atoms with Gasteiger partial charge in [0.25, 0.3) is 0 Å². The molecule has 0 spiro atoms. The van der Waals surface area contributed by atoms with Crippen molar-refractivity contribution in [1.82, 2.24) is 0 Å². The van der Waals surface area contributed by atoms with Crippen LogP contribution >= 0.6 is 7.14 Å². The third-order valence-electron chi connectivity index (χ3n) is 6.28. The molecule has 0 atom stereocenters. The lowest BCUT2D eigenvalue weighted by atomic mass is 10.1. The third-order valence-corrected chi connectivity index (χ3v) is 9.36. The van der Waals surface area contributed by atoms with Crippen molar-refractivity contribution in [3.63, 3.8) is 0 Å². The van der Waals surface area contributed by atoms with Gasteiger partial charge >= 0.3 is 5.63 Å². The monoisotopic (exact) mass is 480 g/mol. The first kappa shape index (κ1) is 22.9. The SMILES string of the molecule is COc1ccc2cc(-c3ccc(P(=O)(c4ccc(C)cc4)c4ccc(C)cc4)cc3)c(=O)oc2c1. The summed E-state index contributed by atoms with van der Waals surface area (Å²) in [6.45, 7) is 4.03. The molecular formula is C30H25O4P. The fraction of sp³-hybridized carbons (Fsp3) is 0.100. The van der Waals surface area contributed by atoms with Crippen LogP contribution in [0, 0.1) is 13.8 Å². The number of ether oxygens (including phenoxy) is 1. The van der Waals surface area contributed by atoms with Crippen LogP contribution in [0.4, 0.5) is 0 Å². The third kappa shape index (κ3) is 4.22.